The van der Waals surface area contributed by atoms with E-state index in [2.05, 4.69) is 11.4 Å². The zero-order valence-corrected chi connectivity index (χ0v) is 13.0. The zero-order valence-electron chi connectivity index (χ0n) is 12.2. The summed E-state index contributed by atoms with van der Waals surface area (Å²) in [5.74, 6) is 1.88. The van der Waals surface area contributed by atoms with Gasteiger partial charge in [-0.3, -0.25) is 0 Å². The van der Waals surface area contributed by atoms with Gasteiger partial charge in [-0.2, -0.15) is 0 Å². The fraction of sp³-hybridized carbons (Fsp3) is 0.294. The molecule has 3 nitrogen and oxygen atoms in total. The summed E-state index contributed by atoms with van der Waals surface area (Å²) in [6.45, 7) is 3.46. The maximum Gasteiger partial charge on any atom is 0.127 e. The number of benzene rings is 2. The molecule has 0 radical (unpaired) electrons. The minimum Gasteiger partial charge on any atom is -0.496 e. The van der Waals surface area contributed by atoms with Crippen LogP contribution in [-0.2, 0) is 13.0 Å². The van der Waals surface area contributed by atoms with E-state index < -0.39 is 0 Å². The summed E-state index contributed by atoms with van der Waals surface area (Å²) < 4.78 is 11.0. The van der Waals surface area contributed by atoms with Crippen molar-refractivity contribution >= 4 is 17.3 Å². The van der Waals surface area contributed by atoms with E-state index in [1.165, 1.54) is 5.56 Å². The van der Waals surface area contributed by atoms with Crippen LogP contribution in [0.25, 0.3) is 0 Å². The largest absolute Gasteiger partial charge is 0.496 e. The Labute approximate surface area is 129 Å². The number of methoxy groups -OCH3 is 1. The van der Waals surface area contributed by atoms with Gasteiger partial charge in [-0.25, -0.2) is 0 Å². The summed E-state index contributed by atoms with van der Waals surface area (Å²) in [6.07, 6.45) is 0.935. The first kappa shape index (κ1) is 14.1. The van der Waals surface area contributed by atoms with Crippen LogP contribution in [0.4, 0.5) is 5.69 Å². The van der Waals surface area contributed by atoms with Crippen LogP contribution in [-0.4, -0.2) is 13.7 Å². The molecule has 0 spiro atoms. The van der Waals surface area contributed by atoms with Gasteiger partial charge in [0, 0.05) is 29.2 Å². The number of hydrogen-bond acceptors (Lipinski definition) is 3. The van der Waals surface area contributed by atoms with Crippen LogP contribution in [0.15, 0.2) is 30.3 Å². The molecule has 3 rings (SSSR count). The standard InChI is InChI=1S/C17H18ClNO2/c1-11-7-15(3-4-16(11)20-2)19-10-13-9-14(18)8-12-5-6-21-17(12)13/h3-4,7-9,19H,5-6,10H2,1-2H3. The number of hydrogen-bond donors (Lipinski definition) is 1. The Balaban J connectivity index is 1.78. The van der Waals surface area contributed by atoms with Crippen LogP contribution in [0, 0.1) is 6.92 Å². The van der Waals surface area contributed by atoms with Gasteiger partial charge in [0.2, 0.25) is 0 Å². The highest BCUT2D eigenvalue weighted by atomic mass is 35.5. The second-order valence-corrected chi connectivity index (χ2v) is 5.63. The number of ether oxygens (including phenoxy) is 2. The normalized spacial score (nSPS) is 12.7. The van der Waals surface area contributed by atoms with Crippen LogP contribution in [0.2, 0.25) is 5.02 Å². The van der Waals surface area contributed by atoms with E-state index in [9.17, 15) is 0 Å². The van der Waals surface area contributed by atoms with Crippen LogP contribution in [0.3, 0.4) is 0 Å². The molecule has 2 aromatic carbocycles. The monoisotopic (exact) mass is 303 g/mol. The Kier molecular flexibility index (Phi) is 3.93. The van der Waals surface area contributed by atoms with Crippen LogP contribution < -0.4 is 14.8 Å². The lowest BCUT2D eigenvalue weighted by atomic mass is 10.1. The van der Waals surface area contributed by atoms with E-state index in [0.29, 0.717) is 6.54 Å². The van der Waals surface area contributed by atoms with Crippen molar-refractivity contribution in [3.05, 3.63) is 52.0 Å². The molecule has 2 aromatic rings. The molecule has 0 atom stereocenters. The molecular formula is C17H18ClNO2. The van der Waals surface area contributed by atoms with E-state index in [4.69, 9.17) is 21.1 Å². The van der Waals surface area contributed by atoms with Crippen LogP contribution in [0.5, 0.6) is 11.5 Å². The Morgan fingerprint density at radius 1 is 1.29 bits per heavy atom. The van der Waals surface area contributed by atoms with Crippen molar-refractivity contribution in [3.63, 3.8) is 0 Å². The topological polar surface area (TPSA) is 30.5 Å². The van der Waals surface area contributed by atoms with Crippen molar-refractivity contribution < 1.29 is 9.47 Å². The Morgan fingerprint density at radius 2 is 2.14 bits per heavy atom. The van der Waals surface area contributed by atoms with Crippen molar-refractivity contribution in [2.75, 3.05) is 19.0 Å². The third kappa shape index (κ3) is 2.93. The average molecular weight is 304 g/mol. The van der Waals surface area contributed by atoms with Crippen molar-refractivity contribution in [2.45, 2.75) is 19.9 Å². The van der Waals surface area contributed by atoms with Gasteiger partial charge in [0.25, 0.3) is 0 Å². The summed E-state index contributed by atoms with van der Waals surface area (Å²) >= 11 is 6.18. The number of anilines is 1. The molecule has 110 valence electrons. The maximum absolute atomic E-state index is 6.18. The first-order valence-corrected chi connectivity index (χ1v) is 7.38. The van der Waals surface area contributed by atoms with Gasteiger partial charge >= 0.3 is 0 Å². The molecule has 1 N–H and O–H groups in total. The fourth-order valence-corrected chi connectivity index (χ4v) is 2.93. The Bertz CT molecular complexity index is 670. The van der Waals surface area contributed by atoms with Gasteiger partial charge in [-0.1, -0.05) is 11.6 Å². The van der Waals surface area contributed by atoms with Gasteiger partial charge < -0.3 is 14.8 Å². The van der Waals surface area contributed by atoms with Crippen molar-refractivity contribution in [3.8, 4) is 11.5 Å². The number of fused-ring (bicyclic) bond motifs is 1. The van der Waals surface area contributed by atoms with Gasteiger partial charge in [0.05, 0.1) is 13.7 Å². The van der Waals surface area contributed by atoms with Crippen LogP contribution >= 0.6 is 11.6 Å². The molecular weight excluding hydrogens is 286 g/mol. The molecule has 0 aliphatic carbocycles. The Hall–Kier alpha value is -1.87. The summed E-state index contributed by atoms with van der Waals surface area (Å²) in [4.78, 5) is 0. The van der Waals surface area contributed by atoms with Gasteiger partial charge in [0.15, 0.2) is 0 Å². The van der Waals surface area contributed by atoms with Crippen molar-refractivity contribution in [1.29, 1.82) is 0 Å². The Morgan fingerprint density at radius 3 is 2.90 bits per heavy atom. The molecule has 21 heavy (non-hydrogen) atoms. The van der Waals surface area contributed by atoms with E-state index >= 15 is 0 Å². The van der Waals surface area contributed by atoms with Crippen LogP contribution in [0.1, 0.15) is 16.7 Å². The quantitative estimate of drug-likeness (QED) is 0.918. The fourth-order valence-electron chi connectivity index (χ4n) is 2.66. The SMILES string of the molecule is COc1ccc(NCc2cc(Cl)cc3c2OCC3)cc1C. The predicted octanol–water partition coefficient (Wildman–Crippen LogP) is 4.20. The third-order valence-corrected chi connectivity index (χ3v) is 3.92. The minimum absolute atomic E-state index is 0.689. The van der Waals surface area contributed by atoms with E-state index in [-0.39, 0.29) is 0 Å². The molecule has 0 amide bonds. The molecule has 0 saturated carbocycles. The van der Waals surface area contributed by atoms with E-state index in [1.807, 2.05) is 31.2 Å². The second kappa shape index (κ2) is 5.86. The lowest BCUT2D eigenvalue weighted by molar-refractivity contribution is 0.354. The first-order valence-electron chi connectivity index (χ1n) is 7.00. The number of rotatable bonds is 4. The third-order valence-electron chi connectivity index (χ3n) is 3.70. The zero-order chi connectivity index (χ0) is 14.8. The molecule has 0 fully saturated rings. The van der Waals surface area contributed by atoms with E-state index in [0.717, 1.165) is 46.4 Å². The molecule has 0 bridgehead atoms. The van der Waals surface area contributed by atoms with Gasteiger partial charge in [-0.15, -0.1) is 0 Å². The highest BCUT2D eigenvalue weighted by Gasteiger charge is 2.17. The molecule has 1 heterocycles. The highest BCUT2D eigenvalue weighted by molar-refractivity contribution is 6.30. The van der Waals surface area contributed by atoms with Crippen molar-refractivity contribution in [2.24, 2.45) is 0 Å². The summed E-state index contributed by atoms with van der Waals surface area (Å²) in [6, 6.07) is 10.0. The van der Waals surface area contributed by atoms with E-state index in [1.54, 1.807) is 7.11 Å². The molecule has 1 aliphatic heterocycles. The summed E-state index contributed by atoms with van der Waals surface area (Å²) in [7, 11) is 1.68. The molecule has 0 saturated heterocycles. The molecule has 1 aliphatic rings. The number of aryl methyl sites for hydroxylation is 1. The molecule has 4 heteroatoms. The average Bonchev–Trinajstić information content (AvgIpc) is 2.93. The second-order valence-electron chi connectivity index (χ2n) is 5.19. The maximum atomic E-state index is 6.18. The highest BCUT2D eigenvalue weighted by Crippen LogP contribution is 2.33. The lowest BCUT2D eigenvalue weighted by Crippen LogP contribution is -2.02. The number of nitrogens with one attached hydrogen (secondary N) is 1. The summed E-state index contributed by atoms with van der Waals surface area (Å²) in [5.41, 5.74) is 4.46. The number of halogens is 1. The predicted molar refractivity (Wildman–Crippen MR) is 85.7 cm³/mol. The lowest BCUT2D eigenvalue weighted by Gasteiger charge is -2.12. The van der Waals surface area contributed by atoms with Gasteiger partial charge in [0.1, 0.15) is 11.5 Å². The summed E-state index contributed by atoms with van der Waals surface area (Å²) in [5, 5.41) is 4.18. The smallest absolute Gasteiger partial charge is 0.127 e. The molecule has 0 aromatic heterocycles. The minimum atomic E-state index is 0.689. The van der Waals surface area contributed by atoms with Crippen molar-refractivity contribution in [1.82, 2.24) is 0 Å². The van der Waals surface area contributed by atoms with Gasteiger partial charge in [-0.05, 0) is 48.4 Å². The first-order chi connectivity index (χ1) is 10.2. The molecule has 0 unspecified atom stereocenters.